The molecule has 6 aromatic carbocycles. The van der Waals surface area contributed by atoms with E-state index < -0.39 is 0 Å². The molecule has 212 valence electrons. The predicted octanol–water partition coefficient (Wildman–Crippen LogP) is 10.1. The molecule has 5 heteroatoms. The highest BCUT2D eigenvalue weighted by Crippen LogP contribution is 2.47. The van der Waals surface area contributed by atoms with Crippen LogP contribution in [0.3, 0.4) is 0 Å². The third-order valence-electron chi connectivity index (χ3n) is 9.67. The van der Waals surface area contributed by atoms with Crippen LogP contribution in [-0.4, -0.2) is 23.9 Å². The molecular formula is C41H23N5. The molecule has 5 nitrogen and oxygen atoms in total. The van der Waals surface area contributed by atoms with Crippen molar-refractivity contribution in [3.63, 3.8) is 0 Å². The van der Waals surface area contributed by atoms with E-state index >= 15 is 0 Å². The Morgan fingerprint density at radius 2 is 1.15 bits per heavy atom. The van der Waals surface area contributed by atoms with Crippen LogP contribution in [0.4, 0.5) is 0 Å². The van der Waals surface area contributed by atoms with Crippen LogP contribution in [-0.2, 0) is 0 Å². The quantitative estimate of drug-likeness (QED) is 0.203. The molecule has 0 atom stereocenters. The maximum absolute atomic E-state index is 5.34. The lowest BCUT2D eigenvalue weighted by atomic mass is 10.0. The van der Waals surface area contributed by atoms with Gasteiger partial charge in [-0.05, 0) is 53.2 Å². The van der Waals surface area contributed by atoms with Crippen molar-refractivity contribution in [3.8, 4) is 17.2 Å². The van der Waals surface area contributed by atoms with E-state index in [4.69, 9.17) is 15.0 Å². The summed E-state index contributed by atoms with van der Waals surface area (Å²) in [6, 6.07) is 47.5. The van der Waals surface area contributed by atoms with Gasteiger partial charge in [0.05, 0.1) is 33.3 Å². The topological polar surface area (TPSA) is 48.0 Å². The minimum absolute atomic E-state index is 0.613. The number of pyridine rings is 1. The molecule has 0 saturated carbocycles. The van der Waals surface area contributed by atoms with Gasteiger partial charge in [-0.25, -0.2) is 9.97 Å². The van der Waals surface area contributed by atoms with Crippen LogP contribution in [0.1, 0.15) is 0 Å². The molecule has 5 aromatic heterocycles. The van der Waals surface area contributed by atoms with E-state index in [1.165, 1.54) is 59.6 Å². The number of benzene rings is 6. The molecule has 0 spiro atoms. The Labute approximate surface area is 261 Å². The Bertz CT molecular complexity index is 3020. The van der Waals surface area contributed by atoms with Gasteiger partial charge in [0.25, 0.3) is 0 Å². The number of hydrogen-bond donors (Lipinski definition) is 0. The largest absolute Gasteiger partial charge is 0.308 e. The summed E-state index contributed by atoms with van der Waals surface area (Å²) in [7, 11) is 0. The summed E-state index contributed by atoms with van der Waals surface area (Å²) in [4.78, 5) is 15.2. The second-order valence-electron chi connectivity index (χ2n) is 12.1. The number of aromatic nitrogens is 5. The van der Waals surface area contributed by atoms with Gasteiger partial charge >= 0.3 is 0 Å². The summed E-state index contributed by atoms with van der Waals surface area (Å²) in [5.74, 6) is 0.613. The Morgan fingerprint density at radius 3 is 2.00 bits per heavy atom. The van der Waals surface area contributed by atoms with E-state index in [0.29, 0.717) is 11.6 Å². The molecule has 11 rings (SSSR count). The van der Waals surface area contributed by atoms with Gasteiger partial charge in [-0.2, -0.15) is 4.98 Å². The standard InChI is InChI=1S/C41H23N5/c1-2-11-24(12-3-1)38-29-17-10-20-42-40(29)44-41(43-38)46-34-22-26-14-5-4-13-25(26)21-31(34)36-35(46)23-30-27-15-6-8-18-32(27)45-33-19-9-7-16-28(33)37(36)39(30)45/h1-23H. The zero-order chi connectivity index (χ0) is 29.9. The average molecular weight is 586 g/mol. The van der Waals surface area contributed by atoms with Gasteiger partial charge in [-0.3, -0.25) is 4.57 Å². The minimum Gasteiger partial charge on any atom is -0.308 e. The molecule has 0 bridgehead atoms. The molecule has 0 saturated heterocycles. The number of nitrogens with zero attached hydrogens (tertiary/aromatic N) is 5. The Kier molecular flexibility index (Phi) is 4.52. The number of para-hydroxylation sites is 2. The van der Waals surface area contributed by atoms with Crippen molar-refractivity contribution >= 4 is 81.7 Å². The first kappa shape index (κ1) is 24.0. The van der Waals surface area contributed by atoms with Crippen LogP contribution in [0, 0.1) is 0 Å². The number of rotatable bonds is 2. The van der Waals surface area contributed by atoms with Crippen LogP contribution < -0.4 is 0 Å². The first-order valence-corrected chi connectivity index (χ1v) is 15.5. The average Bonchev–Trinajstić information content (AvgIpc) is 3.74. The molecule has 0 aliphatic carbocycles. The third-order valence-corrected chi connectivity index (χ3v) is 9.67. The second kappa shape index (κ2) is 8.65. The van der Waals surface area contributed by atoms with E-state index in [1.807, 2.05) is 18.3 Å². The van der Waals surface area contributed by atoms with Gasteiger partial charge in [-0.1, -0.05) is 91.0 Å². The van der Waals surface area contributed by atoms with Crippen LogP contribution in [0.5, 0.6) is 0 Å². The zero-order valence-electron chi connectivity index (χ0n) is 24.5. The third kappa shape index (κ3) is 3.01. The maximum Gasteiger partial charge on any atom is 0.237 e. The molecule has 11 aromatic rings. The summed E-state index contributed by atoms with van der Waals surface area (Å²) in [5.41, 5.74) is 8.44. The summed E-state index contributed by atoms with van der Waals surface area (Å²) >= 11 is 0. The molecule has 0 fully saturated rings. The lowest BCUT2D eigenvalue weighted by molar-refractivity contribution is 1.01. The normalized spacial score (nSPS) is 12.3. The van der Waals surface area contributed by atoms with Gasteiger partial charge in [0.1, 0.15) is 0 Å². The fourth-order valence-electron chi connectivity index (χ4n) is 7.78. The van der Waals surface area contributed by atoms with E-state index in [2.05, 4.69) is 130 Å². The monoisotopic (exact) mass is 585 g/mol. The molecule has 0 unspecified atom stereocenters. The van der Waals surface area contributed by atoms with Crippen LogP contribution in [0.15, 0.2) is 140 Å². The van der Waals surface area contributed by atoms with E-state index in [-0.39, 0.29) is 0 Å². The highest BCUT2D eigenvalue weighted by Gasteiger charge is 2.25. The van der Waals surface area contributed by atoms with E-state index in [1.54, 1.807) is 0 Å². The Morgan fingerprint density at radius 1 is 0.457 bits per heavy atom. The fourth-order valence-corrected chi connectivity index (χ4v) is 7.78. The number of fused-ring (bicyclic) bond motifs is 12. The molecule has 0 amide bonds. The van der Waals surface area contributed by atoms with Gasteiger partial charge in [-0.15, -0.1) is 0 Å². The molecule has 0 aliphatic heterocycles. The smallest absolute Gasteiger partial charge is 0.237 e. The van der Waals surface area contributed by atoms with Crippen molar-refractivity contribution < 1.29 is 0 Å². The first-order valence-electron chi connectivity index (χ1n) is 15.5. The Hall–Kier alpha value is -6.33. The van der Waals surface area contributed by atoms with Gasteiger partial charge in [0, 0.05) is 49.5 Å². The molecular weight excluding hydrogens is 562 g/mol. The fraction of sp³-hybridized carbons (Fsp3) is 0. The summed E-state index contributed by atoms with van der Waals surface area (Å²) < 4.78 is 4.71. The Balaban J connectivity index is 1.41. The zero-order valence-corrected chi connectivity index (χ0v) is 24.5. The van der Waals surface area contributed by atoms with Crippen LogP contribution in [0.2, 0.25) is 0 Å². The SMILES string of the molecule is c1ccc(-c2nc(-n3c4cc5ccccc5cc4c4c5c6ccccc6n6c7ccccc7c(cc43)c56)nc3ncccc23)cc1. The van der Waals surface area contributed by atoms with Crippen LogP contribution >= 0.6 is 0 Å². The highest BCUT2D eigenvalue weighted by atomic mass is 15.2. The summed E-state index contributed by atoms with van der Waals surface area (Å²) in [6.07, 6.45) is 1.81. The predicted molar refractivity (Wildman–Crippen MR) is 189 cm³/mol. The molecule has 0 N–H and O–H groups in total. The van der Waals surface area contributed by atoms with Gasteiger partial charge in [0.2, 0.25) is 5.95 Å². The maximum atomic E-state index is 5.34. The molecule has 46 heavy (non-hydrogen) atoms. The second-order valence-corrected chi connectivity index (χ2v) is 12.1. The van der Waals surface area contributed by atoms with Crippen molar-refractivity contribution in [2.45, 2.75) is 0 Å². The van der Waals surface area contributed by atoms with Crippen molar-refractivity contribution in [2.75, 3.05) is 0 Å². The van der Waals surface area contributed by atoms with Crippen molar-refractivity contribution in [3.05, 3.63) is 140 Å². The van der Waals surface area contributed by atoms with Crippen molar-refractivity contribution in [1.29, 1.82) is 0 Å². The molecule has 0 aliphatic rings. The van der Waals surface area contributed by atoms with E-state index in [9.17, 15) is 0 Å². The van der Waals surface area contributed by atoms with E-state index in [0.717, 1.165) is 27.7 Å². The van der Waals surface area contributed by atoms with Crippen LogP contribution in [0.25, 0.3) is 98.9 Å². The van der Waals surface area contributed by atoms with Crippen molar-refractivity contribution in [2.24, 2.45) is 0 Å². The molecule has 5 heterocycles. The van der Waals surface area contributed by atoms with Crippen molar-refractivity contribution in [1.82, 2.24) is 23.9 Å². The van der Waals surface area contributed by atoms with Gasteiger partial charge < -0.3 is 4.40 Å². The first-order chi connectivity index (χ1) is 22.8. The lowest BCUT2D eigenvalue weighted by Crippen LogP contribution is -2.04. The summed E-state index contributed by atoms with van der Waals surface area (Å²) in [5, 5.41) is 10.7. The van der Waals surface area contributed by atoms with Gasteiger partial charge in [0.15, 0.2) is 5.65 Å². The molecule has 0 radical (unpaired) electrons. The highest BCUT2D eigenvalue weighted by molar-refractivity contribution is 6.36. The number of hydrogen-bond acceptors (Lipinski definition) is 3. The lowest BCUT2D eigenvalue weighted by Gasteiger charge is -2.11. The minimum atomic E-state index is 0.613. The summed E-state index contributed by atoms with van der Waals surface area (Å²) in [6.45, 7) is 0.